The molecule has 0 aliphatic carbocycles. The van der Waals surface area contributed by atoms with Crippen molar-refractivity contribution in [1.82, 2.24) is 4.90 Å². The lowest BCUT2D eigenvalue weighted by molar-refractivity contribution is -0.252. The number of rotatable bonds is 2. The first-order chi connectivity index (χ1) is 8.66. The maximum atomic E-state index is 10.2. The Hall–Kier alpha value is -0.550. The fraction of sp³-hybridized carbons (Fsp3) is 0.571. The second kappa shape index (κ2) is 4.85. The van der Waals surface area contributed by atoms with E-state index in [0.717, 1.165) is 31.1 Å². The number of likely N-dealkylation sites (tertiary alicyclic amines) is 1. The van der Waals surface area contributed by atoms with E-state index in [9.17, 15) is 10.2 Å². The third-order valence-electron chi connectivity index (χ3n) is 4.05. The number of fused-ring (bicyclic) bond motifs is 2. The van der Waals surface area contributed by atoms with Crippen molar-refractivity contribution in [2.75, 3.05) is 24.6 Å². The number of nitrogens with zero attached hydrogens (tertiary/aromatic N) is 1. The van der Waals surface area contributed by atoms with Crippen LogP contribution in [0.5, 0.6) is 0 Å². The summed E-state index contributed by atoms with van der Waals surface area (Å²) < 4.78 is 0. The van der Waals surface area contributed by atoms with Gasteiger partial charge in [-0.25, -0.2) is 0 Å². The minimum absolute atomic E-state index is 0.0151. The molecular formula is C14H19NO2S. The number of aliphatic hydroxyl groups is 2. The summed E-state index contributed by atoms with van der Waals surface area (Å²) in [6.45, 7) is 2.48. The van der Waals surface area contributed by atoms with E-state index >= 15 is 0 Å². The van der Waals surface area contributed by atoms with Crippen LogP contribution in [-0.2, 0) is 6.54 Å². The van der Waals surface area contributed by atoms with Gasteiger partial charge in [0, 0.05) is 43.0 Å². The summed E-state index contributed by atoms with van der Waals surface area (Å²) in [6, 6.07) is 10.4. The summed E-state index contributed by atoms with van der Waals surface area (Å²) in [4.78, 5) is 2.36. The van der Waals surface area contributed by atoms with Crippen LogP contribution in [0.15, 0.2) is 30.3 Å². The molecule has 2 N–H and O–H groups in total. The topological polar surface area (TPSA) is 43.7 Å². The molecule has 2 heterocycles. The number of benzene rings is 1. The second-order valence-corrected chi connectivity index (χ2v) is 6.47. The molecule has 3 nitrogen and oxygen atoms in total. The Kier molecular flexibility index (Phi) is 3.36. The van der Waals surface area contributed by atoms with E-state index in [1.807, 2.05) is 17.8 Å². The van der Waals surface area contributed by atoms with Crippen LogP contribution in [-0.4, -0.2) is 45.5 Å². The molecule has 2 atom stereocenters. The van der Waals surface area contributed by atoms with Gasteiger partial charge in [0.1, 0.15) is 0 Å². The van der Waals surface area contributed by atoms with Gasteiger partial charge < -0.3 is 10.2 Å². The van der Waals surface area contributed by atoms with Gasteiger partial charge in [-0.05, 0) is 5.56 Å². The van der Waals surface area contributed by atoms with Gasteiger partial charge in [0.05, 0.1) is 0 Å². The molecule has 1 aromatic carbocycles. The summed E-state index contributed by atoms with van der Waals surface area (Å²) in [7, 11) is 0. The maximum absolute atomic E-state index is 10.2. The van der Waals surface area contributed by atoms with Crippen molar-refractivity contribution in [2.24, 2.45) is 11.8 Å². The molecule has 2 aliphatic rings. The smallest absolute Gasteiger partial charge is 0.172 e. The first-order valence-corrected chi connectivity index (χ1v) is 7.60. The number of hydrogen-bond donors (Lipinski definition) is 2. The molecule has 1 aromatic rings. The Morgan fingerprint density at radius 3 is 2.33 bits per heavy atom. The van der Waals surface area contributed by atoms with E-state index in [4.69, 9.17) is 0 Å². The summed E-state index contributed by atoms with van der Waals surface area (Å²) >= 11 is 1.85. The standard InChI is InChI=1S/C14H19NO2S/c16-14(17)12-7-15(8-13(14)10-18-9-12)6-11-4-2-1-3-5-11/h1-5,12-13,16-17H,6-10H2. The van der Waals surface area contributed by atoms with Crippen LogP contribution < -0.4 is 0 Å². The molecule has 2 bridgehead atoms. The van der Waals surface area contributed by atoms with Gasteiger partial charge in [0.2, 0.25) is 0 Å². The minimum Gasteiger partial charge on any atom is -0.365 e. The molecular weight excluding hydrogens is 246 g/mol. The van der Waals surface area contributed by atoms with Gasteiger partial charge in [-0.3, -0.25) is 4.90 Å². The van der Waals surface area contributed by atoms with Crippen LogP contribution in [0.1, 0.15) is 5.56 Å². The van der Waals surface area contributed by atoms with Gasteiger partial charge >= 0.3 is 0 Å². The zero-order valence-corrected chi connectivity index (χ0v) is 11.1. The van der Waals surface area contributed by atoms with Gasteiger partial charge in [0.25, 0.3) is 0 Å². The van der Waals surface area contributed by atoms with Crippen LogP contribution in [0.2, 0.25) is 0 Å². The highest BCUT2D eigenvalue weighted by molar-refractivity contribution is 7.99. The Bertz CT molecular complexity index is 394. The van der Waals surface area contributed by atoms with E-state index in [1.165, 1.54) is 5.56 Å². The number of piperidine rings is 1. The van der Waals surface area contributed by atoms with Crippen molar-refractivity contribution in [3.63, 3.8) is 0 Å². The predicted octanol–water partition coefficient (Wildman–Crippen LogP) is 1.16. The number of hydrogen-bond acceptors (Lipinski definition) is 4. The molecule has 0 aromatic heterocycles. The molecule has 2 unspecified atom stereocenters. The van der Waals surface area contributed by atoms with Gasteiger partial charge in [-0.2, -0.15) is 11.8 Å². The monoisotopic (exact) mass is 265 g/mol. The molecule has 0 spiro atoms. The third-order valence-corrected chi connectivity index (χ3v) is 5.32. The third kappa shape index (κ3) is 2.30. The highest BCUT2D eigenvalue weighted by Crippen LogP contribution is 2.39. The van der Waals surface area contributed by atoms with E-state index < -0.39 is 5.79 Å². The lowest BCUT2D eigenvalue weighted by atomic mass is 9.83. The zero-order valence-electron chi connectivity index (χ0n) is 10.3. The molecule has 0 radical (unpaired) electrons. The molecule has 0 saturated carbocycles. The molecule has 0 amide bonds. The van der Waals surface area contributed by atoms with E-state index in [0.29, 0.717) is 0 Å². The van der Waals surface area contributed by atoms with Crippen LogP contribution in [0.3, 0.4) is 0 Å². The number of thioether (sulfide) groups is 1. The average Bonchev–Trinajstić information content (AvgIpc) is 2.31. The van der Waals surface area contributed by atoms with Crippen molar-refractivity contribution in [3.8, 4) is 0 Å². The van der Waals surface area contributed by atoms with Gasteiger partial charge in [0.15, 0.2) is 5.79 Å². The average molecular weight is 265 g/mol. The van der Waals surface area contributed by atoms with E-state index in [-0.39, 0.29) is 11.8 Å². The molecule has 2 aliphatic heterocycles. The van der Waals surface area contributed by atoms with Crippen molar-refractivity contribution in [3.05, 3.63) is 35.9 Å². The van der Waals surface area contributed by atoms with E-state index in [2.05, 4.69) is 29.2 Å². The lowest BCUT2D eigenvalue weighted by Gasteiger charge is -2.49. The van der Waals surface area contributed by atoms with E-state index in [1.54, 1.807) is 0 Å². The maximum Gasteiger partial charge on any atom is 0.172 e. The summed E-state index contributed by atoms with van der Waals surface area (Å²) in [5, 5.41) is 20.3. The van der Waals surface area contributed by atoms with Crippen molar-refractivity contribution in [1.29, 1.82) is 0 Å². The summed E-state index contributed by atoms with van der Waals surface area (Å²) in [5.74, 6) is 0.236. The normalized spacial score (nSPS) is 31.2. The van der Waals surface area contributed by atoms with Gasteiger partial charge in [-0.1, -0.05) is 30.3 Å². The summed E-state index contributed by atoms with van der Waals surface area (Å²) in [6.07, 6.45) is 0. The Balaban J connectivity index is 1.70. The molecule has 2 fully saturated rings. The van der Waals surface area contributed by atoms with Crippen LogP contribution in [0.4, 0.5) is 0 Å². The second-order valence-electron chi connectivity index (χ2n) is 5.39. The van der Waals surface area contributed by atoms with Crippen LogP contribution in [0, 0.1) is 11.8 Å². The Morgan fingerprint density at radius 1 is 1.11 bits per heavy atom. The highest BCUT2D eigenvalue weighted by atomic mass is 32.2. The highest BCUT2D eigenvalue weighted by Gasteiger charge is 2.49. The zero-order chi connectivity index (χ0) is 12.6. The molecule has 4 heteroatoms. The predicted molar refractivity (Wildman–Crippen MR) is 73.2 cm³/mol. The quantitative estimate of drug-likeness (QED) is 0.788. The van der Waals surface area contributed by atoms with Gasteiger partial charge in [-0.15, -0.1) is 0 Å². The molecule has 2 saturated heterocycles. The first-order valence-electron chi connectivity index (χ1n) is 6.45. The van der Waals surface area contributed by atoms with Crippen molar-refractivity contribution in [2.45, 2.75) is 12.3 Å². The molecule has 3 rings (SSSR count). The molecule has 18 heavy (non-hydrogen) atoms. The fourth-order valence-electron chi connectivity index (χ4n) is 2.97. The summed E-state index contributed by atoms with van der Waals surface area (Å²) in [5.41, 5.74) is 1.30. The van der Waals surface area contributed by atoms with Crippen LogP contribution >= 0.6 is 11.8 Å². The fourth-order valence-corrected chi connectivity index (χ4v) is 4.38. The lowest BCUT2D eigenvalue weighted by Crippen LogP contribution is -2.61. The van der Waals surface area contributed by atoms with Crippen LogP contribution in [0.25, 0.3) is 0 Å². The largest absolute Gasteiger partial charge is 0.365 e. The Morgan fingerprint density at radius 2 is 1.72 bits per heavy atom. The Labute approximate surface area is 112 Å². The van der Waals surface area contributed by atoms with Crippen molar-refractivity contribution >= 4 is 11.8 Å². The molecule has 98 valence electrons. The first kappa shape index (κ1) is 12.5. The SMILES string of the molecule is OC1(O)C2CSCC1CN(Cc1ccccc1)C2. The van der Waals surface area contributed by atoms with Crippen molar-refractivity contribution < 1.29 is 10.2 Å². The minimum atomic E-state index is -1.45.